The lowest BCUT2D eigenvalue weighted by Crippen LogP contribution is -2.55. The van der Waals surface area contributed by atoms with Gasteiger partial charge in [-0.3, -0.25) is 9.69 Å². The summed E-state index contributed by atoms with van der Waals surface area (Å²) in [5.41, 5.74) is 0. The van der Waals surface area contributed by atoms with Crippen LogP contribution in [-0.2, 0) is 14.3 Å². The van der Waals surface area contributed by atoms with Crippen LogP contribution in [0, 0.1) is 0 Å². The zero-order valence-electron chi connectivity index (χ0n) is 12.1. The van der Waals surface area contributed by atoms with Gasteiger partial charge >= 0.3 is 0 Å². The molecule has 0 aromatic rings. The van der Waals surface area contributed by atoms with Crippen LogP contribution in [0.1, 0.15) is 12.8 Å². The maximum absolute atomic E-state index is 12.3. The van der Waals surface area contributed by atoms with Crippen molar-refractivity contribution in [3.05, 3.63) is 0 Å². The lowest BCUT2D eigenvalue weighted by Gasteiger charge is -2.37. The Bertz CT molecular complexity index is 320. The zero-order chi connectivity index (χ0) is 13.8. The van der Waals surface area contributed by atoms with Gasteiger partial charge in [-0.2, -0.15) is 0 Å². The number of rotatable bonds is 3. The van der Waals surface area contributed by atoms with E-state index >= 15 is 0 Å². The Kier molecular flexibility index (Phi) is 4.88. The van der Waals surface area contributed by atoms with Crippen molar-refractivity contribution in [3.63, 3.8) is 0 Å². The number of ether oxygens (including phenoxy) is 2. The molecule has 1 amide bonds. The second-order valence-corrected chi connectivity index (χ2v) is 5.82. The summed E-state index contributed by atoms with van der Waals surface area (Å²) in [6.45, 7) is 7.58. The number of nitrogens with zero attached hydrogens (tertiary/aromatic N) is 2. The molecule has 114 valence electrons. The number of nitrogens with one attached hydrogen (secondary N) is 1. The third-order valence-electron chi connectivity index (χ3n) is 4.37. The quantitative estimate of drug-likeness (QED) is 0.742. The van der Waals surface area contributed by atoms with Crippen molar-refractivity contribution in [2.24, 2.45) is 0 Å². The molecule has 0 spiro atoms. The summed E-state index contributed by atoms with van der Waals surface area (Å²) in [6, 6.07) is 0. The monoisotopic (exact) mass is 283 g/mol. The third kappa shape index (κ3) is 3.49. The Morgan fingerprint density at radius 2 is 2.00 bits per heavy atom. The van der Waals surface area contributed by atoms with Gasteiger partial charge in [0.25, 0.3) is 5.91 Å². The molecule has 3 heterocycles. The van der Waals surface area contributed by atoms with Crippen LogP contribution >= 0.6 is 0 Å². The minimum atomic E-state index is -0.284. The predicted octanol–water partition coefficient (Wildman–Crippen LogP) is -0.702. The van der Waals surface area contributed by atoms with Crippen molar-refractivity contribution in [1.82, 2.24) is 15.1 Å². The Labute approximate surface area is 120 Å². The first-order valence-electron chi connectivity index (χ1n) is 7.78. The van der Waals surface area contributed by atoms with Gasteiger partial charge in [-0.25, -0.2) is 0 Å². The van der Waals surface area contributed by atoms with E-state index in [2.05, 4.69) is 10.2 Å². The number of amides is 1. The summed E-state index contributed by atoms with van der Waals surface area (Å²) in [5, 5.41) is 3.21. The van der Waals surface area contributed by atoms with E-state index in [4.69, 9.17) is 9.47 Å². The molecule has 2 unspecified atom stereocenters. The Hall–Kier alpha value is -0.690. The molecule has 6 nitrogen and oxygen atoms in total. The van der Waals surface area contributed by atoms with Crippen molar-refractivity contribution in [2.45, 2.75) is 25.0 Å². The van der Waals surface area contributed by atoms with Crippen molar-refractivity contribution >= 4 is 5.91 Å². The van der Waals surface area contributed by atoms with E-state index in [-0.39, 0.29) is 12.0 Å². The number of hydrogen-bond acceptors (Lipinski definition) is 5. The summed E-state index contributed by atoms with van der Waals surface area (Å²) >= 11 is 0. The summed E-state index contributed by atoms with van der Waals surface area (Å²) in [6.07, 6.45) is 2.49. The minimum Gasteiger partial charge on any atom is -0.377 e. The van der Waals surface area contributed by atoms with E-state index in [1.807, 2.05) is 4.90 Å². The second kappa shape index (κ2) is 6.85. The van der Waals surface area contributed by atoms with E-state index in [1.54, 1.807) is 0 Å². The maximum atomic E-state index is 12.3. The average molecular weight is 283 g/mol. The number of carbonyl (C=O) groups excluding carboxylic acids is 1. The smallest absolute Gasteiger partial charge is 0.253 e. The SMILES string of the molecule is O=C(C1CNCCO1)N1CCN(CC2CCCO2)CC1. The van der Waals surface area contributed by atoms with Gasteiger partial charge in [0, 0.05) is 52.4 Å². The molecule has 3 aliphatic heterocycles. The van der Waals surface area contributed by atoms with Gasteiger partial charge in [0.15, 0.2) is 0 Å². The largest absolute Gasteiger partial charge is 0.377 e. The van der Waals surface area contributed by atoms with Gasteiger partial charge in [-0.05, 0) is 12.8 Å². The molecule has 0 aromatic heterocycles. The van der Waals surface area contributed by atoms with Crippen LogP contribution in [0.5, 0.6) is 0 Å². The molecule has 0 radical (unpaired) electrons. The topological polar surface area (TPSA) is 54.0 Å². The fourth-order valence-electron chi connectivity index (χ4n) is 3.15. The first-order chi connectivity index (χ1) is 9.83. The van der Waals surface area contributed by atoms with Gasteiger partial charge in [-0.15, -0.1) is 0 Å². The third-order valence-corrected chi connectivity index (χ3v) is 4.37. The van der Waals surface area contributed by atoms with E-state index in [1.165, 1.54) is 12.8 Å². The van der Waals surface area contributed by atoms with Crippen LogP contribution < -0.4 is 5.32 Å². The highest BCUT2D eigenvalue weighted by Gasteiger charge is 2.30. The highest BCUT2D eigenvalue weighted by molar-refractivity contribution is 5.81. The summed E-state index contributed by atoms with van der Waals surface area (Å²) in [7, 11) is 0. The highest BCUT2D eigenvalue weighted by atomic mass is 16.5. The molecule has 6 heteroatoms. The van der Waals surface area contributed by atoms with Crippen molar-refractivity contribution < 1.29 is 14.3 Å². The molecule has 20 heavy (non-hydrogen) atoms. The first kappa shape index (κ1) is 14.3. The van der Waals surface area contributed by atoms with Gasteiger partial charge in [-0.1, -0.05) is 0 Å². The number of carbonyl (C=O) groups is 1. The van der Waals surface area contributed by atoms with Crippen LogP contribution in [0.2, 0.25) is 0 Å². The van der Waals surface area contributed by atoms with Crippen molar-refractivity contribution in [1.29, 1.82) is 0 Å². The molecule has 2 atom stereocenters. The Morgan fingerprint density at radius 3 is 2.65 bits per heavy atom. The Morgan fingerprint density at radius 1 is 1.15 bits per heavy atom. The predicted molar refractivity (Wildman–Crippen MR) is 74.6 cm³/mol. The van der Waals surface area contributed by atoms with Gasteiger partial charge < -0.3 is 19.7 Å². The minimum absolute atomic E-state index is 0.147. The molecule has 3 aliphatic rings. The lowest BCUT2D eigenvalue weighted by atomic mass is 10.2. The molecule has 3 saturated heterocycles. The van der Waals surface area contributed by atoms with Gasteiger partial charge in [0.05, 0.1) is 12.7 Å². The van der Waals surface area contributed by atoms with Crippen LogP contribution in [0.25, 0.3) is 0 Å². The summed E-state index contributed by atoms with van der Waals surface area (Å²) in [5.74, 6) is 0.147. The molecular formula is C14H25N3O3. The molecule has 0 saturated carbocycles. The van der Waals surface area contributed by atoms with Crippen LogP contribution in [-0.4, -0.2) is 86.9 Å². The normalized spacial score (nSPS) is 32.5. The highest BCUT2D eigenvalue weighted by Crippen LogP contribution is 2.15. The van der Waals surface area contributed by atoms with E-state index in [0.717, 1.165) is 45.9 Å². The molecule has 0 aromatic carbocycles. The number of piperazine rings is 1. The average Bonchev–Trinajstić information content (AvgIpc) is 3.01. The van der Waals surface area contributed by atoms with E-state index in [0.29, 0.717) is 19.3 Å². The van der Waals surface area contributed by atoms with Gasteiger partial charge in [0.2, 0.25) is 0 Å². The standard InChI is InChI=1S/C14H25N3O3/c18-14(13-10-15-3-9-20-13)17-6-4-16(5-7-17)11-12-2-1-8-19-12/h12-13,15H,1-11H2. The van der Waals surface area contributed by atoms with Crippen LogP contribution in [0.4, 0.5) is 0 Å². The second-order valence-electron chi connectivity index (χ2n) is 5.82. The summed E-state index contributed by atoms with van der Waals surface area (Å²) < 4.78 is 11.2. The number of hydrogen-bond donors (Lipinski definition) is 1. The molecule has 0 bridgehead atoms. The fraction of sp³-hybridized carbons (Fsp3) is 0.929. The number of morpholine rings is 1. The van der Waals surface area contributed by atoms with Crippen LogP contribution in [0.3, 0.4) is 0 Å². The van der Waals surface area contributed by atoms with Crippen LogP contribution in [0.15, 0.2) is 0 Å². The van der Waals surface area contributed by atoms with Crippen molar-refractivity contribution in [2.75, 3.05) is 59.0 Å². The molecule has 0 aliphatic carbocycles. The molecule has 1 N–H and O–H groups in total. The lowest BCUT2D eigenvalue weighted by molar-refractivity contribution is -0.147. The fourth-order valence-corrected chi connectivity index (χ4v) is 3.15. The molecule has 3 fully saturated rings. The Balaban J connectivity index is 1.41. The van der Waals surface area contributed by atoms with Gasteiger partial charge in [0.1, 0.15) is 6.10 Å². The van der Waals surface area contributed by atoms with E-state index in [9.17, 15) is 4.79 Å². The van der Waals surface area contributed by atoms with Crippen molar-refractivity contribution in [3.8, 4) is 0 Å². The van der Waals surface area contributed by atoms with E-state index < -0.39 is 0 Å². The molecular weight excluding hydrogens is 258 g/mol. The first-order valence-corrected chi connectivity index (χ1v) is 7.78. The maximum Gasteiger partial charge on any atom is 0.253 e. The summed E-state index contributed by atoms with van der Waals surface area (Å²) in [4.78, 5) is 16.7. The molecule has 3 rings (SSSR count). The zero-order valence-corrected chi connectivity index (χ0v) is 12.1.